The zero-order chi connectivity index (χ0) is 24.2. The van der Waals surface area contributed by atoms with Crippen LogP contribution in [0.1, 0.15) is 49.5 Å². The molecule has 1 aromatic heterocycles. The van der Waals surface area contributed by atoms with Crippen LogP contribution in [-0.4, -0.2) is 91.3 Å². The Morgan fingerprint density at radius 1 is 1.09 bits per heavy atom. The summed E-state index contributed by atoms with van der Waals surface area (Å²) in [5, 5.41) is 0. The number of likely N-dealkylation sites (N-methyl/N-ethyl adjacent to an activating group) is 1. The van der Waals surface area contributed by atoms with E-state index in [9.17, 15) is 22.8 Å². The van der Waals surface area contributed by atoms with Gasteiger partial charge in [0, 0.05) is 46.5 Å². The molecule has 11 heteroatoms. The second kappa shape index (κ2) is 10.7. The van der Waals surface area contributed by atoms with Gasteiger partial charge < -0.3 is 19.1 Å². The summed E-state index contributed by atoms with van der Waals surface area (Å²) in [7, 11) is -0.502. The number of aryl methyl sites for hydroxylation is 1. The SMILES string of the molecule is CCOC(=O)C1CCN(C(=O)CN(C)C(=O)c2cc(S(=O)(=O)N3CCCCC3)cn2C)CC1. The number of piperidine rings is 2. The molecule has 0 aromatic carbocycles. The molecule has 0 radical (unpaired) electrons. The van der Waals surface area contributed by atoms with E-state index < -0.39 is 15.9 Å². The molecule has 33 heavy (non-hydrogen) atoms. The lowest BCUT2D eigenvalue weighted by Gasteiger charge is -2.32. The number of esters is 1. The van der Waals surface area contributed by atoms with Crippen LogP contribution in [0.4, 0.5) is 0 Å². The van der Waals surface area contributed by atoms with Crippen LogP contribution >= 0.6 is 0 Å². The van der Waals surface area contributed by atoms with E-state index in [1.54, 1.807) is 18.9 Å². The zero-order valence-corrected chi connectivity index (χ0v) is 20.5. The van der Waals surface area contributed by atoms with E-state index in [1.165, 1.54) is 33.1 Å². The van der Waals surface area contributed by atoms with Gasteiger partial charge in [-0.05, 0) is 38.7 Å². The highest BCUT2D eigenvalue weighted by Crippen LogP contribution is 2.23. The fourth-order valence-electron chi connectivity index (χ4n) is 4.34. The summed E-state index contributed by atoms with van der Waals surface area (Å²) in [6.45, 7) is 3.83. The quantitative estimate of drug-likeness (QED) is 0.538. The normalized spacial score (nSPS) is 18.2. The van der Waals surface area contributed by atoms with Crippen molar-refractivity contribution in [3.05, 3.63) is 18.0 Å². The number of sulfonamides is 1. The maximum Gasteiger partial charge on any atom is 0.309 e. The van der Waals surface area contributed by atoms with Crippen molar-refractivity contribution in [2.24, 2.45) is 13.0 Å². The summed E-state index contributed by atoms with van der Waals surface area (Å²) in [5.41, 5.74) is 0.210. The molecule has 0 atom stereocenters. The van der Waals surface area contributed by atoms with Crippen LogP contribution in [0.2, 0.25) is 0 Å². The van der Waals surface area contributed by atoms with Gasteiger partial charge in [0.25, 0.3) is 5.91 Å². The molecule has 2 fully saturated rings. The summed E-state index contributed by atoms with van der Waals surface area (Å²) < 4.78 is 33.9. The van der Waals surface area contributed by atoms with Gasteiger partial charge in [0.05, 0.1) is 19.1 Å². The number of amides is 2. The highest BCUT2D eigenvalue weighted by molar-refractivity contribution is 7.89. The van der Waals surface area contributed by atoms with E-state index >= 15 is 0 Å². The molecule has 0 saturated carbocycles. The van der Waals surface area contributed by atoms with Gasteiger partial charge in [0.2, 0.25) is 15.9 Å². The van der Waals surface area contributed by atoms with Crippen molar-refractivity contribution in [1.82, 2.24) is 18.7 Å². The Hall–Kier alpha value is -2.40. The lowest BCUT2D eigenvalue weighted by atomic mass is 9.97. The Morgan fingerprint density at radius 2 is 1.73 bits per heavy atom. The first kappa shape index (κ1) is 25.2. The summed E-state index contributed by atoms with van der Waals surface area (Å²) in [6.07, 6.45) is 5.21. The van der Waals surface area contributed by atoms with Crippen molar-refractivity contribution in [2.75, 3.05) is 46.4 Å². The second-order valence-corrected chi connectivity index (χ2v) is 10.6. The third kappa shape index (κ3) is 5.75. The van der Waals surface area contributed by atoms with Gasteiger partial charge in [-0.3, -0.25) is 14.4 Å². The fraction of sp³-hybridized carbons (Fsp3) is 0.682. The highest BCUT2D eigenvalue weighted by atomic mass is 32.2. The molecule has 2 aliphatic heterocycles. The third-order valence-electron chi connectivity index (χ3n) is 6.34. The van der Waals surface area contributed by atoms with Crippen molar-refractivity contribution in [3.63, 3.8) is 0 Å². The Bertz CT molecular complexity index is 975. The van der Waals surface area contributed by atoms with Crippen LogP contribution in [0.15, 0.2) is 17.2 Å². The van der Waals surface area contributed by atoms with E-state index in [0.29, 0.717) is 45.6 Å². The predicted molar refractivity (Wildman–Crippen MR) is 121 cm³/mol. The van der Waals surface area contributed by atoms with Gasteiger partial charge in [-0.1, -0.05) is 6.42 Å². The van der Waals surface area contributed by atoms with Crippen LogP contribution in [0.25, 0.3) is 0 Å². The van der Waals surface area contributed by atoms with Crippen molar-refractivity contribution in [1.29, 1.82) is 0 Å². The molecule has 0 N–H and O–H groups in total. The molecule has 0 aliphatic carbocycles. The van der Waals surface area contributed by atoms with E-state index in [0.717, 1.165) is 19.3 Å². The topological polar surface area (TPSA) is 109 Å². The third-order valence-corrected chi connectivity index (χ3v) is 8.20. The maximum absolute atomic E-state index is 13.0. The Balaban J connectivity index is 1.60. The summed E-state index contributed by atoms with van der Waals surface area (Å²) in [5.74, 6) is -1.05. The lowest BCUT2D eigenvalue weighted by Crippen LogP contribution is -2.45. The molecule has 3 heterocycles. The van der Waals surface area contributed by atoms with Crippen molar-refractivity contribution in [2.45, 2.75) is 43.9 Å². The largest absolute Gasteiger partial charge is 0.466 e. The Labute approximate surface area is 195 Å². The maximum atomic E-state index is 13.0. The molecule has 2 aliphatic rings. The van der Waals surface area contributed by atoms with Crippen LogP contribution in [0.5, 0.6) is 0 Å². The van der Waals surface area contributed by atoms with Gasteiger partial charge >= 0.3 is 5.97 Å². The van der Waals surface area contributed by atoms with E-state index in [2.05, 4.69) is 0 Å². The molecule has 0 unspecified atom stereocenters. The summed E-state index contributed by atoms with van der Waals surface area (Å²) >= 11 is 0. The van der Waals surface area contributed by atoms with Crippen molar-refractivity contribution >= 4 is 27.8 Å². The van der Waals surface area contributed by atoms with Crippen LogP contribution < -0.4 is 0 Å². The van der Waals surface area contributed by atoms with E-state index in [1.807, 2.05) is 0 Å². The standard InChI is InChI=1S/C22H34N4O6S/c1-4-32-22(29)17-8-12-25(13-9-17)20(27)16-24(3)21(28)19-14-18(15-23(19)2)33(30,31)26-10-6-5-7-11-26/h14-15,17H,4-13,16H2,1-3H3. The monoisotopic (exact) mass is 482 g/mol. The van der Waals surface area contributed by atoms with Crippen LogP contribution in [0.3, 0.4) is 0 Å². The van der Waals surface area contributed by atoms with Crippen molar-refractivity contribution in [3.8, 4) is 0 Å². The number of carbonyl (C=O) groups excluding carboxylic acids is 3. The van der Waals surface area contributed by atoms with Gasteiger partial charge in [-0.15, -0.1) is 0 Å². The van der Waals surface area contributed by atoms with Crippen molar-refractivity contribution < 1.29 is 27.5 Å². The average molecular weight is 483 g/mol. The number of hydrogen-bond donors (Lipinski definition) is 0. The molecule has 184 valence electrons. The highest BCUT2D eigenvalue weighted by Gasteiger charge is 2.31. The van der Waals surface area contributed by atoms with Crippen LogP contribution in [-0.2, 0) is 31.4 Å². The van der Waals surface area contributed by atoms with Gasteiger partial charge in [0.1, 0.15) is 10.6 Å². The first-order valence-corrected chi connectivity index (χ1v) is 13.0. The molecule has 2 amide bonds. The molecule has 2 saturated heterocycles. The number of ether oxygens (including phenoxy) is 1. The number of rotatable bonds is 7. The van der Waals surface area contributed by atoms with E-state index in [4.69, 9.17) is 4.74 Å². The number of carbonyl (C=O) groups is 3. The molecule has 3 rings (SSSR count). The smallest absolute Gasteiger partial charge is 0.309 e. The molecule has 0 spiro atoms. The first-order valence-electron chi connectivity index (χ1n) is 11.5. The first-order chi connectivity index (χ1) is 15.6. The molecular weight excluding hydrogens is 448 g/mol. The van der Waals surface area contributed by atoms with Gasteiger partial charge in [0.15, 0.2) is 0 Å². The fourth-order valence-corrected chi connectivity index (χ4v) is 5.93. The minimum atomic E-state index is -3.65. The molecule has 0 bridgehead atoms. The predicted octanol–water partition coefficient (Wildman–Crippen LogP) is 1.07. The summed E-state index contributed by atoms with van der Waals surface area (Å²) in [6, 6.07) is 1.39. The molecular formula is C22H34N4O6S. The number of aromatic nitrogens is 1. The summed E-state index contributed by atoms with van der Waals surface area (Å²) in [4.78, 5) is 40.6. The molecule has 1 aromatic rings. The number of likely N-dealkylation sites (tertiary alicyclic amines) is 1. The second-order valence-electron chi connectivity index (χ2n) is 8.71. The Kier molecular flexibility index (Phi) is 8.17. The number of hydrogen-bond acceptors (Lipinski definition) is 6. The lowest BCUT2D eigenvalue weighted by molar-refractivity contribution is -0.151. The van der Waals surface area contributed by atoms with Crippen LogP contribution in [0, 0.1) is 5.92 Å². The van der Waals surface area contributed by atoms with E-state index in [-0.39, 0.29) is 34.9 Å². The minimum absolute atomic E-state index is 0.0935. The van der Waals surface area contributed by atoms with Gasteiger partial charge in [-0.25, -0.2) is 8.42 Å². The van der Waals surface area contributed by atoms with Gasteiger partial charge in [-0.2, -0.15) is 4.31 Å². The molecule has 10 nitrogen and oxygen atoms in total. The zero-order valence-electron chi connectivity index (χ0n) is 19.7. The Morgan fingerprint density at radius 3 is 2.33 bits per heavy atom. The number of nitrogens with zero attached hydrogens (tertiary/aromatic N) is 4. The average Bonchev–Trinajstić information content (AvgIpc) is 3.21. The minimum Gasteiger partial charge on any atom is -0.466 e.